The van der Waals surface area contributed by atoms with Gasteiger partial charge in [0.1, 0.15) is 5.75 Å². The summed E-state index contributed by atoms with van der Waals surface area (Å²) in [7, 11) is 1.61. The third-order valence-corrected chi connectivity index (χ3v) is 3.83. The van der Waals surface area contributed by atoms with Crippen molar-refractivity contribution in [2.45, 2.75) is 44.8 Å². The Kier molecular flexibility index (Phi) is 3.98. The van der Waals surface area contributed by atoms with E-state index in [1.165, 1.54) is 0 Å². The van der Waals surface area contributed by atoms with Gasteiger partial charge in [0.2, 0.25) is 5.91 Å². The highest BCUT2D eigenvalue weighted by Crippen LogP contribution is 2.41. The summed E-state index contributed by atoms with van der Waals surface area (Å²) in [5.74, 6) is 0.774. The fraction of sp³-hybridized carbons (Fsp3) is 0.533. The Balaban J connectivity index is 2.54. The molecule has 5 heteroatoms. The summed E-state index contributed by atoms with van der Waals surface area (Å²) in [5.41, 5.74) is 6.77. The Hall–Kier alpha value is -1.26. The van der Waals surface area contributed by atoms with E-state index in [2.05, 4.69) is 0 Å². The van der Waals surface area contributed by atoms with Gasteiger partial charge in [0.05, 0.1) is 13.2 Å². The summed E-state index contributed by atoms with van der Waals surface area (Å²) >= 11 is 6.10. The summed E-state index contributed by atoms with van der Waals surface area (Å²) in [6, 6.07) is 4.95. The summed E-state index contributed by atoms with van der Waals surface area (Å²) in [6.45, 7) is 6.02. The van der Waals surface area contributed by atoms with Gasteiger partial charge in [-0.2, -0.15) is 0 Å². The van der Waals surface area contributed by atoms with Gasteiger partial charge in [-0.1, -0.05) is 11.6 Å². The van der Waals surface area contributed by atoms with Crippen molar-refractivity contribution in [2.75, 3.05) is 7.11 Å². The molecule has 1 fully saturated rings. The van der Waals surface area contributed by atoms with Gasteiger partial charge in [-0.3, -0.25) is 4.79 Å². The molecule has 1 aliphatic heterocycles. The van der Waals surface area contributed by atoms with Crippen LogP contribution in [0.1, 0.15) is 38.8 Å². The molecule has 1 amide bonds. The van der Waals surface area contributed by atoms with Gasteiger partial charge in [0, 0.05) is 28.6 Å². The zero-order chi connectivity index (χ0) is 15.1. The maximum Gasteiger partial charge on any atom is 0.225 e. The first kappa shape index (κ1) is 15.1. The number of nitrogens with two attached hydrogens (primary N) is 1. The maximum absolute atomic E-state index is 12.3. The highest BCUT2D eigenvalue weighted by molar-refractivity contribution is 6.30. The van der Waals surface area contributed by atoms with Crippen LogP contribution in [0.4, 0.5) is 0 Å². The molecule has 2 atom stereocenters. The van der Waals surface area contributed by atoms with Gasteiger partial charge in [0.25, 0.3) is 0 Å². The Bertz CT molecular complexity index is 525. The quantitative estimate of drug-likeness (QED) is 0.913. The highest BCUT2D eigenvalue weighted by atomic mass is 35.5. The molecule has 0 spiro atoms. The summed E-state index contributed by atoms with van der Waals surface area (Å²) in [4.78, 5) is 14.1. The first-order valence-corrected chi connectivity index (χ1v) is 7.04. The average Bonchev–Trinajstić information content (AvgIpc) is 2.63. The van der Waals surface area contributed by atoms with Crippen LogP contribution in [0.5, 0.6) is 5.75 Å². The van der Waals surface area contributed by atoms with Gasteiger partial charge < -0.3 is 15.4 Å². The molecule has 20 heavy (non-hydrogen) atoms. The van der Waals surface area contributed by atoms with Gasteiger partial charge in [-0.25, -0.2) is 0 Å². The van der Waals surface area contributed by atoms with E-state index in [0.29, 0.717) is 17.2 Å². The van der Waals surface area contributed by atoms with E-state index in [0.717, 1.165) is 5.56 Å². The second kappa shape index (κ2) is 5.26. The van der Waals surface area contributed by atoms with Crippen molar-refractivity contribution in [2.24, 2.45) is 5.73 Å². The number of ether oxygens (including phenoxy) is 1. The van der Waals surface area contributed by atoms with Crippen LogP contribution < -0.4 is 10.5 Å². The number of carbonyl (C=O) groups excluding carboxylic acids is 1. The predicted molar refractivity (Wildman–Crippen MR) is 79.9 cm³/mol. The average molecular weight is 297 g/mol. The molecule has 2 N–H and O–H groups in total. The van der Waals surface area contributed by atoms with E-state index < -0.39 is 0 Å². The number of hydrogen-bond donors (Lipinski definition) is 1. The highest BCUT2D eigenvalue weighted by Gasteiger charge is 2.45. The molecule has 1 heterocycles. The minimum atomic E-state index is -0.302. The van der Waals surface area contributed by atoms with Crippen molar-refractivity contribution >= 4 is 17.5 Å². The summed E-state index contributed by atoms with van der Waals surface area (Å²) in [6.07, 6.45) is 0.345. The van der Waals surface area contributed by atoms with Crippen molar-refractivity contribution in [3.8, 4) is 5.75 Å². The van der Waals surface area contributed by atoms with Crippen LogP contribution in [0, 0.1) is 0 Å². The Morgan fingerprint density at radius 1 is 1.40 bits per heavy atom. The molecular weight excluding hydrogens is 276 g/mol. The molecule has 110 valence electrons. The van der Waals surface area contributed by atoms with Crippen molar-refractivity contribution < 1.29 is 9.53 Å². The van der Waals surface area contributed by atoms with Crippen molar-refractivity contribution in [1.82, 2.24) is 4.90 Å². The first-order chi connectivity index (χ1) is 9.25. The molecule has 0 bridgehead atoms. The fourth-order valence-electron chi connectivity index (χ4n) is 2.86. The van der Waals surface area contributed by atoms with Crippen molar-refractivity contribution in [3.63, 3.8) is 0 Å². The zero-order valence-electron chi connectivity index (χ0n) is 12.3. The minimum Gasteiger partial charge on any atom is -0.496 e. The van der Waals surface area contributed by atoms with Gasteiger partial charge in [-0.15, -0.1) is 0 Å². The third kappa shape index (κ3) is 2.63. The topological polar surface area (TPSA) is 55.6 Å². The van der Waals surface area contributed by atoms with Crippen LogP contribution >= 0.6 is 11.6 Å². The Morgan fingerprint density at radius 2 is 2.05 bits per heavy atom. The van der Waals surface area contributed by atoms with Gasteiger partial charge in [-0.05, 0) is 39.0 Å². The van der Waals surface area contributed by atoms with E-state index >= 15 is 0 Å². The Labute approximate surface area is 124 Å². The molecule has 0 radical (unpaired) electrons. The number of rotatable bonds is 2. The second-order valence-corrected chi connectivity index (χ2v) is 6.57. The molecule has 0 aliphatic carbocycles. The molecule has 1 aromatic carbocycles. The van der Waals surface area contributed by atoms with Crippen molar-refractivity contribution in [1.29, 1.82) is 0 Å². The standard InChI is InChI=1S/C15H21ClN2O2/c1-15(2,3)18-13(19)8-11(17)14(18)10-7-9(16)5-6-12(10)20-4/h5-7,11,14H,8,17H2,1-4H3. The number of likely N-dealkylation sites (tertiary alicyclic amines) is 1. The lowest BCUT2D eigenvalue weighted by atomic mass is 9.96. The molecule has 1 saturated heterocycles. The molecule has 0 saturated carbocycles. The molecule has 1 aromatic rings. The number of nitrogens with zero attached hydrogens (tertiary/aromatic N) is 1. The van der Waals surface area contributed by atoms with E-state index in [1.54, 1.807) is 13.2 Å². The van der Waals surface area contributed by atoms with Gasteiger partial charge in [0.15, 0.2) is 0 Å². The van der Waals surface area contributed by atoms with E-state index in [-0.39, 0.29) is 23.5 Å². The number of carbonyl (C=O) groups is 1. The smallest absolute Gasteiger partial charge is 0.225 e. The lowest BCUT2D eigenvalue weighted by Gasteiger charge is -2.38. The molecular formula is C15H21ClN2O2. The normalized spacial score (nSPS) is 23.3. The fourth-order valence-corrected chi connectivity index (χ4v) is 3.04. The van der Waals surface area contributed by atoms with Crippen LogP contribution in [0.2, 0.25) is 5.02 Å². The number of benzene rings is 1. The lowest BCUT2D eigenvalue weighted by Crippen LogP contribution is -2.45. The summed E-state index contributed by atoms with van der Waals surface area (Å²) < 4.78 is 5.41. The monoisotopic (exact) mass is 296 g/mol. The second-order valence-electron chi connectivity index (χ2n) is 6.13. The van der Waals surface area contributed by atoms with Crippen LogP contribution in [0.3, 0.4) is 0 Å². The number of methoxy groups -OCH3 is 1. The summed E-state index contributed by atoms with van der Waals surface area (Å²) in [5, 5.41) is 0.612. The largest absolute Gasteiger partial charge is 0.496 e. The predicted octanol–water partition coefficient (Wildman–Crippen LogP) is 2.75. The molecule has 2 rings (SSSR count). The third-order valence-electron chi connectivity index (χ3n) is 3.60. The van der Waals surface area contributed by atoms with E-state index in [4.69, 9.17) is 22.1 Å². The van der Waals surface area contributed by atoms with Gasteiger partial charge >= 0.3 is 0 Å². The number of amides is 1. The molecule has 0 aromatic heterocycles. The van der Waals surface area contributed by atoms with Crippen LogP contribution in [0.25, 0.3) is 0 Å². The maximum atomic E-state index is 12.3. The van der Waals surface area contributed by atoms with Crippen LogP contribution in [-0.4, -0.2) is 29.5 Å². The van der Waals surface area contributed by atoms with E-state index in [1.807, 2.05) is 37.8 Å². The lowest BCUT2D eigenvalue weighted by molar-refractivity contribution is -0.133. The minimum absolute atomic E-state index is 0.0667. The van der Waals surface area contributed by atoms with Crippen molar-refractivity contribution in [3.05, 3.63) is 28.8 Å². The number of halogens is 1. The zero-order valence-corrected chi connectivity index (χ0v) is 13.1. The number of hydrogen-bond acceptors (Lipinski definition) is 3. The van der Waals surface area contributed by atoms with Crippen LogP contribution in [0.15, 0.2) is 18.2 Å². The first-order valence-electron chi connectivity index (χ1n) is 6.67. The SMILES string of the molecule is COc1ccc(Cl)cc1C1C(N)CC(=O)N1C(C)(C)C. The molecule has 1 aliphatic rings. The van der Waals surface area contributed by atoms with E-state index in [9.17, 15) is 4.79 Å². The molecule has 4 nitrogen and oxygen atoms in total. The Morgan fingerprint density at radius 3 is 2.60 bits per heavy atom. The van der Waals surface area contributed by atoms with Crippen LogP contribution in [-0.2, 0) is 4.79 Å². The molecule has 2 unspecified atom stereocenters.